The molecule has 0 atom stereocenters. The number of rotatable bonds is 5. The number of carbonyl (C=O) groups is 1. The Morgan fingerprint density at radius 1 is 1.27 bits per heavy atom. The van der Waals surface area contributed by atoms with Gasteiger partial charge in [0.2, 0.25) is 5.91 Å². The Hall–Kier alpha value is -2.54. The number of hydrogen-bond donors (Lipinski definition) is 2. The number of H-pyrrole nitrogens is 1. The molecule has 0 fully saturated rings. The van der Waals surface area contributed by atoms with Gasteiger partial charge in [0.15, 0.2) is 5.16 Å². The Morgan fingerprint density at radius 3 is 2.95 bits per heavy atom. The zero-order chi connectivity index (χ0) is 15.4. The lowest BCUT2D eigenvalue weighted by Crippen LogP contribution is -2.24. The molecular weight excluding hydrogens is 302 g/mol. The van der Waals surface area contributed by atoms with Crippen LogP contribution in [-0.4, -0.2) is 21.6 Å². The highest BCUT2D eigenvalue weighted by Crippen LogP contribution is 2.14. The molecule has 2 N–H and O–H groups in total. The molecule has 112 valence electrons. The zero-order valence-electron chi connectivity index (χ0n) is 11.5. The fraction of sp³-hybridized carbons (Fsp3) is 0.133. The number of hydrogen-bond acceptors (Lipinski definition) is 5. The highest BCUT2D eigenvalue weighted by molar-refractivity contribution is 7.99. The minimum atomic E-state index is -0.205. The van der Waals surface area contributed by atoms with E-state index in [1.54, 1.807) is 36.6 Å². The third kappa shape index (κ3) is 3.37. The van der Waals surface area contributed by atoms with E-state index in [9.17, 15) is 9.59 Å². The van der Waals surface area contributed by atoms with Crippen LogP contribution in [0, 0.1) is 0 Å². The average molecular weight is 315 g/mol. The number of para-hydroxylation sites is 1. The highest BCUT2D eigenvalue weighted by Gasteiger charge is 2.07. The Kier molecular flexibility index (Phi) is 4.24. The Balaban J connectivity index is 1.61. The van der Waals surface area contributed by atoms with Gasteiger partial charge in [-0.3, -0.25) is 9.59 Å². The lowest BCUT2D eigenvalue weighted by Gasteiger charge is -2.04. The number of fused-ring (bicyclic) bond motifs is 1. The normalized spacial score (nSPS) is 10.7. The largest absolute Gasteiger partial charge is 0.467 e. The number of amides is 1. The predicted molar refractivity (Wildman–Crippen MR) is 83.6 cm³/mol. The summed E-state index contributed by atoms with van der Waals surface area (Å²) in [5, 5.41) is 3.70. The van der Waals surface area contributed by atoms with Gasteiger partial charge in [-0.25, -0.2) is 4.98 Å². The standard InChI is InChI=1S/C15H13N3O3S/c19-13(16-8-10-4-3-7-21-10)9-22-15-17-12-6-2-1-5-11(12)14(20)18-15/h1-7H,8-9H2,(H,16,19)(H,17,18,20). The summed E-state index contributed by atoms with van der Waals surface area (Å²) < 4.78 is 5.13. The maximum Gasteiger partial charge on any atom is 0.259 e. The molecule has 0 radical (unpaired) electrons. The second-order valence-corrected chi connectivity index (χ2v) is 5.50. The Bertz CT molecular complexity index is 843. The smallest absolute Gasteiger partial charge is 0.259 e. The van der Waals surface area contributed by atoms with Gasteiger partial charge in [-0.2, -0.15) is 0 Å². The Labute approximate surface area is 129 Å². The first kappa shape index (κ1) is 14.4. The van der Waals surface area contributed by atoms with Crippen molar-refractivity contribution in [3.8, 4) is 0 Å². The van der Waals surface area contributed by atoms with Crippen molar-refractivity contribution in [2.24, 2.45) is 0 Å². The molecule has 2 aromatic heterocycles. The van der Waals surface area contributed by atoms with E-state index in [0.717, 1.165) is 0 Å². The number of aromatic amines is 1. The van der Waals surface area contributed by atoms with Crippen molar-refractivity contribution in [2.45, 2.75) is 11.7 Å². The maximum absolute atomic E-state index is 11.9. The molecule has 0 bridgehead atoms. The van der Waals surface area contributed by atoms with Gasteiger partial charge in [0.1, 0.15) is 5.76 Å². The summed E-state index contributed by atoms with van der Waals surface area (Å²) in [7, 11) is 0. The molecular formula is C15H13N3O3S. The highest BCUT2D eigenvalue weighted by atomic mass is 32.2. The van der Waals surface area contributed by atoms with Crippen LogP contribution in [0.15, 0.2) is 57.0 Å². The van der Waals surface area contributed by atoms with Crippen LogP contribution in [0.2, 0.25) is 0 Å². The van der Waals surface area contributed by atoms with E-state index in [-0.39, 0.29) is 17.2 Å². The number of aromatic nitrogens is 2. The van der Waals surface area contributed by atoms with Crippen molar-refractivity contribution >= 4 is 28.6 Å². The first-order valence-corrected chi connectivity index (χ1v) is 7.62. The van der Waals surface area contributed by atoms with E-state index in [0.29, 0.717) is 28.4 Å². The SMILES string of the molecule is O=C(CSc1nc2ccccc2c(=O)[nH]1)NCc1ccco1. The third-order valence-electron chi connectivity index (χ3n) is 2.97. The lowest BCUT2D eigenvalue weighted by atomic mass is 10.2. The molecule has 6 nitrogen and oxygen atoms in total. The van der Waals surface area contributed by atoms with E-state index in [1.807, 2.05) is 6.07 Å². The van der Waals surface area contributed by atoms with Crippen molar-refractivity contribution in [3.05, 3.63) is 58.8 Å². The number of thioether (sulfide) groups is 1. The number of nitrogens with one attached hydrogen (secondary N) is 2. The molecule has 0 aliphatic carbocycles. The molecule has 0 spiro atoms. The van der Waals surface area contributed by atoms with E-state index >= 15 is 0 Å². The second-order valence-electron chi connectivity index (χ2n) is 4.53. The predicted octanol–water partition coefficient (Wildman–Crippen LogP) is 1.92. The van der Waals surface area contributed by atoms with Gasteiger partial charge in [0.25, 0.3) is 5.56 Å². The molecule has 3 rings (SSSR count). The second kappa shape index (κ2) is 6.48. The summed E-state index contributed by atoms with van der Waals surface area (Å²) in [6, 6.07) is 10.6. The number of benzene rings is 1. The van der Waals surface area contributed by atoms with Crippen molar-refractivity contribution in [3.63, 3.8) is 0 Å². The minimum Gasteiger partial charge on any atom is -0.467 e. The first-order valence-electron chi connectivity index (χ1n) is 6.63. The molecule has 0 saturated carbocycles. The van der Waals surface area contributed by atoms with Gasteiger partial charge in [0, 0.05) is 0 Å². The maximum atomic E-state index is 11.9. The summed E-state index contributed by atoms with van der Waals surface area (Å²) in [6.07, 6.45) is 1.56. The summed E-state index contributed by atoms with van der Waals surface area (Å²) in [5.41, 5.74) is 0.411. The lowest BCUT2D eigenvalue weighted by molar-refractivity contribution is -0.118. The first-order chi connectivity index (χ1) is 10.7. The molecule has 22 heavy (non-hydrogen) atoms. The third-order valence-corrected chi connectivity index (χ3v) is 3.84. The van der Waals surface area contributed by atoms with Gasteiger partial charge < -0.3 is 14.7 Å². The van der Waals surface area contributed by atoms with Crippen LogP contribution >= 0.6 is 11.8 Å². The summed E-state index contributed by atoms with van der Waals surface area (Å²) in [4.78, 5) is 30.7. The molecule has 2 heterocycles. The topological polar surface area (TPSA) is 88.0 Å². The van der Waals surface area contributed by atoms with E-state index < -0.39 is 0 Å². The van der Waals surface area contributed by atoms with Gasteiger partial charge in [-0.1, -0.05) is 23.9 Å². The summed E-state index contributed by atoms with van der Waals surface area (Å²) in [5.74, 6) is 0.704. The quantitative estimate of drug-likeness (QED) is 0.555. The van der Waals surface area contributed by atoms with E-state index in [2.05, 4.69) is 15.3 Å². The number of nitrogens with zero attached hydrogens (tertiary/aromatic N) is 1. The fourth-order valence-electron chi connectivity index (χ4n) is 1.92. The summed E-state index contributed by atoms with van der Waals surface area (Å²) >= 11 is 1.19. The van der Waals surface area contributed by atoms with Gasteiger partial charge >= 0.3 is 0 Å². The molecule has 0 aliphatic rings. The van der Waals surface area contributed by atoms with Crippen LogP contribution < -0.4 is 10.9 Å². The Morgan fingerprint density at radius 2 is 2.14 bits per heavy atom. The zero-order valence-corrected chi connectivity index (χ0v) is 12.4. The molecule has 7 heteroatoms. The molecule has 0 aliphatic heterocycles. The van der Waals surface area contributed by atoms with Crippen LogP contribution in [-0.2, 0) is 11.3 Å². The minimum absolute atomic E-state index is 0.155. The van der Waals surface area contributed by atoms with E-state index in [4.69, 9.17) is 4.42 Å². The fourth-order valence-corrected chi connectivity index (χ4v) is 2.61. The van der Waals surface area contributed by atoms with Crippen LogP contribution in [0.1, 0.15) is 5.76 Å². The van der Waals surface area contributed by atoms with Crippen molar-refractivity contribution in [1.82, 2.24) is 15.3 Å². The van der Waals surface area contributed by atoms with Gasteiger partial charge in [-0.15, -0.1) is 0 Å². The monoisotopic (exact) mass is 315 g/mol. The van der Waals surface area contributed by atoms with Gasteiger partial charge in [0.05, 0.1) is 29.5 Å². The van der Waals surface area contributed by atoms with Crippen LogP contribution in [0.25, 0.3) is 10.9 Å². The molecule has 1 amide bonds. The van der Waals surface area contributed by atoms with Crippen molar-refractivity contribution in [2.75, 3.05) is 5.75 Å². The number of carbonyl (C=O) groups excluding carboxylic acids is 1. The average Bonchev–Trinajstić information content (AvgIpc) is 3.04. The van der Waals surface area contributed by atoms with Crippen molar-refractivity contribution < 1.29 is 9.21 Å². The molecule has 0 unspecified atom stereocenters. The molecule has 3 aromatic rings. The van der Waals surface area contributed by atoms with Gasteiger partial charge in [-0.05, 0) is 24.3 Å². The van der Waals surface area contributed by atoms with Crippen LogP contribution in [0.3, 0.4) is 0 Å². The molecule has 0 saturated heterocycles. The van der Waals surface area contributed by atoms with E-state index in [1.165, 1.54) is 11.8 Å². The van der Waals surface area contributed by atoms with Crippen LogP contribution in [0.4, 0.5) is 0 Å². The molecule has 1 aromatic carbocycles. The van der Waals surface area contributed by atoms with Crippen molar-refractivity contribution in [1.29, 1.82) is 0 Å². The van der Waals surface area contributed by atoms with Crippen LogP contribution in [0.5, 0.6) is 0 Å². The summed E-state index contributed by atoms with van der Waals surface area (Å²) in [6.45, 7) is 0.341. The number of furan rings is 1.